The Morgan fingerprint density at radius 3 is 2.75 bits per heavy atom. The van der Waals surface area contributed by atoms with Gasteiger partial charge in [-0.05, 0) is 25.5 Å². The summed E-state index contributed by atoms with van der Waals surface area (Å²) in [4.78, 5) is 10.9. The first-order valence-corrected chi connectivity index (χ1v) is 5.98. The zero-order valence-electron chi connectivity index (χ0n) is 9.60. The Hall–Kier alpha value is -1.00. The van der Waals surface area contributed by atoms with Crippen LogP contribution in [0.1, 0.15) is 18.7 Å². The maximum atomic E-state index is 4.17. The molecule has 0 aliphatic carbocycles. The summed E-state index contributed by atoms with van der Waals surface area (Å²) in [5.74, 6) is 0.850. The van der Waals surface area contributed by atoms with Crippen LogP contribution in [0.2, 0.25) is 0 Å². The van der Waals surface area contributed by atoms with Crippen molar-refractivity contribution in [1.29, 1.82) is 0 Å². The third-order valence-electron chi connectivity index (χ3n) is 2.80. The van der Waals surface area contributed by atoms with Crippen molar-refractivity contribution in [3.63, 3.8) is 0 Å². The molecule has 1 fully saturated rings. The number of hydrogen-bond acceptors (Lipinski definition) is 4. The summed E-state index contributed by atoms with van der Waals surface area (Å²) < 4.78 is 0. The molecule has 1 aliphatic heterocycles. The smallest absolute Gasteiger partial charge is 0.131 e. The van der Waals surface area contributed by atoms with E-state index in [0.717, 1.165) is 25.3 Å². The molecule has 1 N–H and O–H groups in total. The molecule has 16 heavy (non-hydrogen) atoms. The van der Waals surface area contributed by atoms with E-state index >= 15 is 0 Å². The topological polar surface area (TPSA) is 41.0 Å². The van der Waals surface area contributed by atoms with Gasteiger partial charge in [0.2, 0.25) is 0 Å². The predicted octanol–water partition coefficient (Wildman–Crippen LogP) is 0.714. The van der Waals surface area contributed by atoms with E-state index < -0.39 is 0 Å². The van der Waals surface area contributed by atoms with Crippen molar-refractivity contribution in [2.75, 3.05) is 32.7 Å². The highest BCUT2D eigenvalue weighted by molar-refractivity contribution is 5.00. The Balaban J connectivity index is 1.58. The minimum atomic E-state index is 0.850. The van der Waals surface area contributed by atoms with Gasteiger partial charge in [0.05, 0.1) is 0 Å². The Bertz CT molecular complexity index is 282. The third-order valence-corrected chi connectivity index (χ3v) is 2.80. The average Bonchev–Trinajstić information content (AvgIpc) is 2.37. The van der Waals surface area contributed by atoms with Crippen molar-refractivity contribution in [3.8, 4) is 0 Å². The molecule has 0 aromatic carbocycles. The fraction of sp³-hybridized carbons (Fsp3) is 0.583. The first-order chi connectivity index (χ1) is 7.95. The van der Waals surface area contributed by atoms with Crippen molar-refractivity contribution < 1.29 is 0 Å². The van der Waals surface area contributed by atoms with Crippen molar-refractivity contribution >= 4 is 0 Å². The van der Waals surface area contributed by atoms with E-state index in [1.54, 1.807) is 12.4 Å². The molecule has 0 bridgehead atoms. The van der Waals surface area contributed by atoms with Gasteiger partial charge in [-0.2, -0.15) is 0 Å². The van der Waals surface area contributed by atoms with E-state index in [-0.39, 0.29) is 0 Å². The number of piperazine rings is 1. The number of rotatable bonds is 5. The average molecular weight is 219 g/mol. The standard InChI is InChI=1S/C12H19N4/c1(4-12-14-5-3-6-15-12)2-9-16-10-7-13-8-11-16/h3-6,13H,1-2,7-11H2. The molecule has 0 saturated carbocycles. The van der Waals surface area contributed by atoms with E-state index in [0.29, 0.717) is 0 Å². The summed E-state index contributed by atoms with van der Waals surface area (Å²) in [5.41, 5.74) is 0. The summed E-state index contributed by atoms with van der Waals surface area (Å²) >= 11 is 0. The van der Waals surface area contributed by atoms with E-state index in [4.69, 9.17) is 0 Å². The number of hydrogen-bond donors (Lipinski definition) is 1. The highest BCUT2D eigenvalue weighted by Gasteiger charge is 2.08. The molecule has 2 rings (SSSR count). The van der Waals surface area contributed by atoms with Crippen LogP contribution in [0.5, 0.6) is 0 Å². The van der Waals surface area contributed by atoms with Gasteiger partial charge in [-0.3, -0.25) is 0 Å². The fourth-order valence-corrected chi connectivity index (χ4v) is 1.90. The molecule has 4 nitrogen and oxygen atoms in total. The molecular formula is C12H19N4. The van der Waals surface area contributed by atoms with Crippen LogP contribution in [0.4, 0.5) is 0 Å². The Labute approximate surface area is 97.1 Å². The first-order valence-electron chi connectivity index (χ1n) is 5.98. The molecule has 0 atom stereocenters. The third kappa shape index (κ3) is 3.87. The zero-order chi connectivity index (χ0) is 11.1. The molecule has 1 saturated heterocycles. The number of unbranched alkanes of at least 4 members (excludes halogenated alkanes) is 1. The van der Waals surface area contributed by atoms with Gasteiger partial charge < -0.3 is 10.2 Å². The molecule has 4 heteroatoms. The van der Waals surface area contributed by atoms with Gasteiger partial charge in [-0.25, -0.2) is 9.97 Å². The zero-order valence-corrected chi connectivity index (χ0v) is 9.60. The maximum absolute atomic E-state index is 4.17. The lowest BCUT2D eigenvalue weighted by Gasteiger charge is -2.26. The van der Waals surface area contributed by atoms with Crippen LogP contribution in [0, 0.1) is 6.42 Å². The summed E-state index contributed by atoms with van der Waals surface area (Å²) in [6.45, 7) is 5.81. The molecule has 0 unspecified atom stereocenters. The van der Waals surface area contributed by atoms with Gasteiger partial charge in [0.15, 0.2) is 0 Å². The van der Waals surface area contributed by atoms with Crippen LogP contribution >= 0.6 is 0 Å². The second-order valence-corrected chi connectivity index (χ2v) is 4.04. The lowest BCUT2D eigenvalue weighted by atomic mass is 10.2. The van der Waals surface area contributed by atoms with Gasteiger partial charge in [0.25, 0.3) is 0 Å². The van der Waals surface area contributed by atoms with Crippen LogP contribution in [-0.4, -0.2) is 47.6 Å². The van der Waals surface area contributed by atoms with Gasteiger partial charge in [0.1, 0.15) is 5.82 Å². The van der Waals surface area contributed by atoms with Crippen molar-refractivity contribution in [2.24, 2.45) is 0 Å². The SMILES string of the molecule is [CH](CCCN1CCNCC1)c1ncccn1. The molecule has 1 aromatic rings. The molecule has 0 spiro atoms. The summed E-state index contributed by atoms with van der Waals surface area (Å²) in [6, 6.07) is 1.85. The molecule has 87 valence electrons. The highest BCUT2D eigenvalue weighted by Crippen LogP contribution is 2.03. The van der Waals surface area contributed by atoms with Crippen LogP contribution in [0.15, 0.2) is 18.5 Å². The molecular weight excluding hydrogens is 200 g/mol. The normalized spacial score (nSPS) is 17.5. The van der Waals surface area contributed by atoms with Gasteiger partial charge in [-0.15, -0.1) is 0 Å². The number of nitrogens with zero attached hydrogens (tertiary/aromatic N) is 3. The molecule has 1 aromatic heterocycles. The molecule has 2 heterocycles. The highest BCUT2D eigenvalue weighted by atomic mass is 15.2. The van der Waals surface area contributed by atoms with Crippen LogP contribution in [-0.2, 0) is 0 Å². The molecule has 1 radical (unpaired) electrons. The van der Waals surface area contributed by atoms with Crippen molar-refractivity contribution in [3.05, 3.63) is 30.7 Å². The van der Waals surface area contributed by atoms with E-state index in [1.807, 2.05) is 6.07 Å². The van der Waals surface area contributed by atoms with Crippen LogP contribution < -0.4 is 5.32 Å². The summed E-state index contributed by atoms with van der Waals surface area (Å²) in [7, 11) is 0. The van der Waals surface area contributed by atoms with Gasteiger partial charge in [0, 0.05) is 45.0 Å². The second kappa shape index (κ2) is 6.55. The van der Waals surface area contributed by atoms with E-state index in [9.17, 15) is 0 Å². The molecule has 1 aliphatic rings. The quantitative estimate of drug-likeness (QED) is 0.741. The monoisotopic (exact) mass is 219 g/mol. The number of nitrogens with one attached hydrogen (secondary N) is 1. The maximum Gasteiger partial charge on any atom is 0.131 e. The lowest BCUT2D eigenvalue weighted by molar-refractivity contribution is 0.238. The van der Waals surface area contributed by atoms with Crippen LogP contribution in [0.3, 0.4) is 0 Å². The van der Waals surface area contributed by atoms with Gasteiger partial charge >= 0.3 is 0 Å². The van der Waals surface area contributed by atoms with Crippen molar-refractivity contribution in [1.82, 2.24) is 20.2 Å². The fourth-order valence-electron chi connectivity index (χ4n) is 1.90. The minimum Gasteiger partial charge on any atom is -0.314 e. The van der Waals surface area contributed by atoms with E-state index in [1.165, 1.54) is 26.1 Å². The minimum absolute atomic E-state index is 0.850. The number of aromatic nitrogens is 2. The predicted molar refractivity (Wildman–Crippen MR) is 64.0 cm³/mol. The Morgan fingerprint density at radius 1 is 1.25 bits per heavy atom. The second-order valence-electron chi connectivity index (χ2n) is 4.04. The van der Waals surface area contributed by atoms with Crippen molar-refractivity contribution in [2.45, 2.75) is 12.8 Å². The summed E-state index contributed by atoms with van der Waals surface area (Å²) in [5, 5.41) is 3.36. The Morgan fingerprint density at radius 2 is 2.00 bits per heavy atom. The summed E-state index contributed by atoms with van der Waals surface area (Å²) in [6.07, 6.45) is 7.94. The first kappa shape index (κ1) is 11.5. The van der Waals surface area contributed by atoms with Crippen LogP contribution in [0.25, 0.3) is 0 Å². The molecule has 0 amide bonds. The van der Waals surface area contributed by atoms with E-state index in [2.05, 4.69) is 26.6 Å². The largest absolute Gasteiger partial charge is 0.314 e. The lowest BCUT2D eigenvalue weighted by Crippen LogP contribution is -2.43. The van der Waals surface area contributed by atoms with Gasteiger partial charge in [-0.1, -0.05) is 0 Å². The Kier molecular flexibility index (Phi) is 4.70.